The van der Waals surface area contributed by atoms with Crippen LogP contribution in [0.4, 0.5) is 19.0 Å². The van der Waals surface area contributed by atoms with Gasteiger partial charge in [0.25, 0.3) is 0 Å². The van der Waals surface area contributed by atoms with Gasteiger partial charge in [-0.25, -0.2) is 4.98 Å². The van der Waals surface area contributed by atoms with Gasteiger partial charge < -0.3 is 19.3 Å². The minimum Gasteiger partial charge on any atom is -0.497 e. The number of amides is 1. The average molecular weight is 435 g/mol. The summed E-state index contributed by atoms with van der Waals surface area (Å²) >= 11 is 0. The molecule has 0 radical (unpaired) electrons. The third-order valence-electron chi connectivity index (χ3n) is 5.00. The second-order valence-corrected chi connectivity index (χ2v) is 7.05. The lowest BCUT2D eigenvalue weighted by atomic mass is 10.2. The summed E-state index contributed by atoms with van der Waals surface area (Å²) in [5.41, 5.74) is -0.00265. The maximum atomic E-state index is 12.7. The molecule has 0 aliphatic carbocycles. The third-order valence-corrected chi connectivity index (χ3v) is 5.00. The van der Waals surface area contributed by atoms with Crippen LogP contribution in [0.3, 0.4) is 0 Å². The molecular formula is C22H24F3N3O3. The first kappa shape index (κ1) is 22.5. The number of hydrogen-bond acceptors (Lipinski definition) is 5. The van der Waals surface area contributed by atoms with E-state index in [2.05, 4.69) is 4.98 Å². The smallest absolute Gasteiger partial charge is 0.417 e. The Kier molecular flexibility index (Phi) is 7.04. The quantitative estimate of drug-likeness (QED) is 0.668. The van der Waals surface area contributed by atoms with Gasteiger partial charge >= 0.3 is 6.18 Å². The third kappa shape index (κ3) is 5.90. The number of rotatable bonds is 5. The fourth-order valence-electron chi connectivity index (χ4n) is 3.31. The molecule has 3 rings (SSSR count). The van der Waals surface area contributed by atoms with Crippen LogP contribution in [0.1, 0.15) is 17.5 Å². The number of pyridine rings is 1. The molecule has 6 nitrogen and oxygen atoms in total. The molecule has 31 heavy (non-hydrogen) atoms. The number of anilines is 1. The Morgan fingerprint density at radius 3 is 2.32 bits per heavy atom. The zero-order valence-corrected chi connectivity index (χ0v) is 17.4. The van der Waals surface area contributed by atoms with Crippen molar-refractivity contribution in [3.8, 4) is 11.5 Å². The van der Waals surface area contributed by atoms with Crippen LogP contribution in [-0.2, 0) is 11.0 Å². The van der Waals surface area contributed by atoms with Crippen molar-refractivity contribution < 1.29 is 27.4 Å². The largest absolute Gasteiger partial charge is 0.497 e. The van der Waals surface area contributed by atoms with Crippen LogP contribution in [0.15, 0.2) is 42.6 Å². The van der Waals surface area contributed by atoms with Crippen molar-refractivity contribution in [3.63, 3.8) is 0 Å². The van der Waals surface area contributed by atoms with E-state index >= 15 is 0 Å². The van der Waals surface area contributed by atoms with E-state index in [1.165, 1.54) is 12.1 Å². The summed E-state index contributed by atoms with van der Waals surface area (Å²) in [4.78, 5) is 20.2. The molecule has 0 unspecified atom stereocenters. The zero-order chi connectivity index (χ0) is 22.4. The second-order valence-electron chi connectivity index (χ2n) is 7.05. The number of alkyl halides is 3. The highest BCUT2D eigenvalue weighted by molar-refractivity contribution is 5.92. The van der Waals surface area contributed by atoms with Gasteiger partial charge in [-0.2, -0.15) is 13.2 Å². The molecule has 2 heterocycles. The van der Waals surface area contributed by atoms with Gasteiger partial charge in [0.1, 0.15) is 17.3 Å². The normalized spacial score (nSPS) is 15.1. The SMILES string of the molecule is COc1cc(/C=C/C(=O)N2CCCN(c3ccc(C(F)(F)F)cn3)CC2)cc(OC)c1. The highest BCUT2D eigenvalue weighted by atomic mass is 19.4. The van der Waals surface area contributed by atoms with Crippen molar-refractivity contribution in [3.05, 3.63) is 53.7 Å². The molecular weight excluding hydrogens is 411 g/mol. The maximum Gasteiger partial charge on any atom is 0.417 e. The van der Waals surface area contributed by atoms with Crippen LogP contribution in [0.5, 0.6) is 11.5 Å². The van der Waals surface area contributed by atoms with Crippen LogP contribution < -0.4 is 14.4 Å². The number of carbonyl (C=O) groups is 1. The van der Waals surface area contributed by atoms with E-state index in [1.54, 1.807) is 43.4 Å². The van der Waals surface area contributed by atoms with Gasteiger partial charge in [-0.05, 0) is 42.3 Å². The van der Waals surface area contributed by atoms with E-state index in [1.807, 2.05) is 4.90 Å². The summed E-state index contributed by atoms with van der Waals surface area (Å²) in [6, 6.07) is 7.75. The summed E-state index contributed by atoms with van der Waals surface area (Å²) in [5.74, 6) is 1.59. The Morgan fingerprint density at radius 2 is 1.74 bits per heavy atom. The first-order valence-electron chi connectivity index (χ1n) is 9.78. The zero-order valence-electron chi connectivity index (χ0n) is 17.4. The monoisotopic (exact) mass is 435 g/mol. The molecule has 1 aliphatic heterocycles. The summed E-state index contributed by atoms with van der Waals surface area (Å²) < 4.78 is 48.7. The fraction of sp³-hybridized carbons (Fsp3) is 0.364. The molecule has 1 aliphatic rings. The van der Waals surface area contributed by atoms with Gasteiger partial charge in [-0.3, -0.25) is 4.79 Å². The molecule has 1 saturated heterocycles. The minimum absolute atomic E-state index is 0.135. The van der Waals surface area contributed by atoms with E-state index < -0.39 is 11.7 Å². The van der Waals surface area contributed by atoms with E-state index in [0.29, 0.717) is 49.9 Å². The number of hydrogen-bond donors (Lipinski definition) is 0. The van der Waals surface area contributed by atoms with Gasteiger partial charge in [0.15, 0.2) is 0 Å². The predicted molar refractivity (Wildman–Crippen MR) is 111 cm³/mol. The molecule has 0 atom stereocenters. The van der Waals surface area contributed by atoms with Gasteiger partial charge in [0, 0.05) is 44.5 Å². The van der Waals surface area contributed by atoms with Crippen molar-refractivity contribution in [1.29, 1.82) is 0 Å². The van der Waals surface area contributed by atoms with Crippen molar-refractivity contribution >= 4 is 17.8 Å². The Balaban J connectivity index is 1.63. The highest BCUT2D eigenvalue weighted by Gasteiger charge is 2.31. The summed E-state index contributed by atoms with van der Waals surface area (Å²) in [6.07, 6.45) is 0.323. The van der Waals surface area contributed by atoms with Crippen molar-refractivity contribution in [2.75, 3.05) is 45.3 Å². The Bertz CT molecular complexity index is 908. The Hall–Kier alpha value is -3.23. The van der Waals surface area contributed by atoms with Crippen LogP contribution >= 0.6 is 0 Å². The summed E-state index contributed by atoms with van der Waals surface area (Å²) in [6.45, 7) is 2.11. The molecule has 9 heteroatoms. The number of ether oxygens (including phenoxy) is 2. The predicted octanol–water partition coefficient (Wildman–Crippen LogP) is 3.87. The molecule has 1 amide bonds. The first-order valence-corrected chi connectivity index (χ1v) is 9.78. The molecule has 1 aromatic carbocycles. The van der Waals surface area contributed by atoms with Gasteiger partial charge in [-0.1, -0.05) is 0 Å². The number of nitrogens with zero attached hydrogens (tertiary/aromatic N) is 3. The van der Waals surface area contributed by atoms with Crippen molar-refractivity contribution in [1.82, 2.24) is 9.88 Å². The first-order chi connectivity index (χ1) is 14.8. The lowest BCUT2D eigenvalue weighted by molar-refractivity contribution is -0.137. The van der Waals surface area contributed by atoms with Crippen molar-refractivity contribution in [2.24, 2.45) is 0 Å². The summed E-state index contributed by atoms with van der Waals surface area (Å²) in [5, 5.41) is 0. The average Bonchev–Trinajstić information content (AvgIpc) is 3.03. The number of aromatic nitrogens is 1. The number of benzene rings is 1. The molecule has 2 aromatic rings. The van der Waals surface area contributed by atoms with Crippen LogP contribution in [0, 0.1) is 0 Å². The van der Waals surface area contributed by atoms with E-state index in [9.17, 15) is 18.0 Å². The molecule has 0 saturated carbocycles. The van der Waals surface area contributed by atoms with Gasteiger partial charge in [-0.15, -0.1) is 0 Å². The standard InChI is InChI=1S/C22H24F3N3O3/c1-30-18-12-16(13-19(14-18)31-2)4-7-21(29)28-9-3-8-27(10-11-28)20-6-5-17(15-26-20)22(23,24)25/h4-7,12-15H,3,8-11H2,1-2H3/b7-4+. The van der Waals surface area contributed by atoms with E-state index in [0.717, 1.165) is 17.8 Å². The molecule has 1 aromatic heterocycles. The molecule has 0 spiro atoms. The Morgan fingerprint density at radius 1 is 1.03 bits per heavy atom. The highest BCUT2D eigenvalue weighted by Crippen LogP contribution is 2.29. The van der Waals surface area contributed by atoms with E-state index in [4.69, 9.17) is 9.47 Å². The fourth-order valence-corrected chi connectivity index (χ4v) is 3.31. The number of halogens is 3. The van der Waals surface area contributed by atoms with Gasteiger partial charge in [0.05, 0.1) is 19.8 Å². The minimum atomic E-state index is -4.41. The summed E-state index contributed by atoms with van der Waals surface area (Å²) in [7, 11) is 3.11. The molecule has 166 valence electrons. The molecule has 1 fully saturated rings. The van der Waals surface area contributed by atoms with Crippen molar-refractivity contribution in [2.45, 2.75) is 12.6 Å². The maximum absolute atomic E-state index is 12.7. The lowest BCUT2D eigenvalue weighted by Gasteiger charge is -2.22. The number of carbonyl (C=O) groups excluding carboxylic acids is 1. The van der Waals surface area contributed by atoms with Crippen LogP contribution in [0.2, 0.25) is 0 Å². The molecule has 0 N–H and O–H groups in total. The van der Waals surface area contributed by atoms with Crippen LogP contribution in [-0.4, -0.2) is 56.2 Å². The lowest BCUT2D eigenvalue weighted by Crippen LogP contribution is -2.34. The van der Waals surface area contributed by atoms with Gasteiger partial charge in [0.2, 0.25) is 5.91 Å². The molecule has 0 bridgehead atoms. The second kappa shape index (κ2) is 9.72. The van der Waals surface area contributed by atoms with E-state index in [-0.39, 0.29) is 5.91 Å². The topological polar surface area (TPSA) is 54.9 Å². The number of methoxy groups -OCH3 is 2. The van der Waals surface area contributed by atoms with Crippen LogP contribution in [0.25, 0.3) is 6.08 Å². The Labute approximate surface area is 178 Å².